The Hall–Kier alpha value is -1.75. The molecule has 0 aliphatic carbocycles. The van der Waals surface area contributed by atoms with Gasteiger partial charge in [-0.25, -0.2) is 0 Å². The number of rotatable bonds is 7. The summed E-state index contributed by atoms with van der Waals surface area (Å²) in [7, 11) is 5.13. The molecule has 24 heavy (non-hydrogen) atoms. The molecule has 0 aromatic heterocycles. The number of hydrogen-bond acceptors (Lipinski definition) is 4. The second-order valence-corrected chi connectivity index (χ2v) is 6.72. The normalized spacial score (nSPS) is 18.8. The summed E-state index contributed by atoms with van der Waals surface area (Å²) < 4.78 is 10.6. The van der Waals surface area contributed by atoms with Crippen LogP contribution in [0.2, 0.25) is 0 Å². The second kappa shape index (κ2) is 8.92. The molecule has 0 radical (unpaired) electrons. The number of benzene rings is 1. The Morgan fingerprint density at radius 1 is 1.38 bits per heavy atom. The largest absolute Gasteiger partial charge is 0.497 e. The summed E-state index contributed by atoms with van der Waals surface area (Å²) in [5, 5.41) is 3.43. The van der Waals surface area contributed by atoms with Crippen molar-refractivity contribution in [1.82, 2.24) is 10.2 Å². The summed E-state index contributed by atoms with van der Waals surface area (Å²) >= 11 is 0. The minimum absolute atomic E-state index is 0.186. The highest BCUT2D eigenvalue weighted by molar-refractivity contribution is 5.76. The third-order valence-corrected chi connectivity index (χ3v) is 4.96. The van der Waals surface area contributed by atoms with Crippen molar-refractivity contribution < 1.29 is 14.3 Å². The van der Waals surface area contributed by atoms with Gasteiger partial charge in [-0.1, -0.05) is 6.92 Å². The molecule has 1 heterocycles. The van der Waals surface area contributed by atoms with Crippen LogP contribution in [0, 0.1) is 11.8 Å². The van der Waals surface area contributed by atoms with Gasteiger partial charge in [-0.05, 0) is 49.9 Å². The van der Waals surface area contributed by atoms with E-state index in [1.54, 1.807) is 19.1 Å². The minimum Gasteiger partial charge on any atom is -0.497 e. The Balaban J connectivity index is 1.93. The standard InChI is InChI=1S/C19H30N2O3/c1-14(15-6-5-9-20-12-15)10-19(22)21(2)13-16-7-8-17(23-3)11-18(16)24-4/h7-8,11,14-15,20H,5-6,9-10,12-13H2,1-4H3. The van der Waals surface area contributed by atoms with Gasteiger partial charge in [0.05, 0.1) is 14.2 Å². The van der Waals surface area contributed by atoms with Gasteiger partial charge in [0, 0.05) is 31.6 Å². The lowest BCUT2D eigenvalue weighted by atomic mass is 9.85. The van der Waals surface area contributed by atoms with Gasteiger partial charge >= 0.3 is 0 Å². The molecule has 134 valence electrons. The van der Waals surface area contributed by atoms with E-state index in [1.165, 1.54) is 12.8 Å². The molecule has 5 heteroatoms. The SMILES string of the molecule is COc1ccc(CN(C)C(=O)CC(C)C2CCCNC2)c(OC)c1. The van der Waals surface area contributed by atoms with Crippen molar-refractivity contribution in [3.63, 3.8) is 0 Å². The molecule has 2 atom stereocenters. The van der Waals surface area contributed by atoms with Crippen LogP contribution < -0.4 is 14.8 Å². The predicted molar refractivity (Wildman–Crippen MR) is 95.4 cm³/mol. The molecular weight excluding hydrogens is 304 g/mol. The van der Waals surface area contributed by atoms with Crippen LogP contribution in [0.1, 0.15) is 31.7 Å². The van der Waals surface area contributed by atoms with Gasteiger partial charge in [0.25, 0.3) is 0 Å². The molecular formula is C19H30N2O3. The van der Waals surface area contributed by atoms with Crippen LogP contribution in [0.25, 0.3) is 0 Å². The van der Waals surface area contributed by atoms with Crippen LogP contribution in [-0.2, 0) is 11.3 Å². The molecule has 2 rings (SSSR count). The Morgan fingerprint density at radius 2 is 2.17 bits per heavy atom. The second-order valence-electron chi connectivity index (χ2n) is 6.72. The predicted octanol–water partition coefficient (Wildman–Crippen LogP) is 2.69. The van der Waals surface area contributed by atoms with Gasteiger partial charge in [0.1, 0.15) is 11.5 Å². The lowest BCUT2D eigenvalue weighted by molar-refractivity contribution is -0.131. The highest BCUT2D eigenvalue weighted by Gasteiger charge is 2.23. The molecule has 1 amide bonds. The summed E-state index contributed by atoms with van der Waals surface area (Å²) in [6, 6.07) is 5.70. The molecule has 2 unspecified atom stereocenters. The van der Waals surface area contributed by atoms with E-state index >= 15 is 0 Å². The number of carbonyl (C=O) groups excluding carboxylic acids is 1. The van der Waals surface area contributed by atoms with E-state index in [-0.39, 0.29) is 5.91 Å². The number of carbonyl (C=O) groups is 1. The van der Waals surface area contributed by atoms with E-state index in [1.807, 2.05) is 25.2 Å². The Morgan fingerprint density at radius 3 is 2.79 bits per heavy atom. The average Bonchev–Trinajstić information content (AvgIpc) is 2.62. The highest BCUT2D eigenvalue weighted by Crippen LogP contribution is 2.27. The van der Waals surface area contributed by atoms with Crippen LogP contribution in [0.4, 0.5) is 0 Å². The molecule has 1 aromatic rings. The summed E-state index contributed by atoms with van der Waals surface area (Å²) in [6.45, 7) is 4.87. The summed E-state index contributed by atoms with van der Waals surface area (Å²) in [5.41, 5.74) is 0.987. The van der Waals surface area contributed by atoms with Crippen LogP contribution in [0.3, 0.4) is 0 Å². The van der Waals surface area contributed by atoms with Crippen molar-refractivity contribution in [2.45, 2.75) is 32.7 Å². The molecule has 1 fully saturated rings. The third-order valence-electron chi connectivity index (χ3n) is 4.96. The Bertz CT molecular complexity index is 541. The fraction of sp³-hybridized carbons (Fsp3) is 0.632. The molecule has 0 saturated carbocycles. The molecule has 0 spiro atoms. The smallest absolute Gasteiger partial charge is 0.222 e. The van der Waals surface area contributed by atoms with Gasteiger partial charge in [-0.3, -0.25) is 4.79 Å². The van der Waals surface area contributed by atoms with Crippen LogP contribution in [0.15, 0.2) is 18.2 Å². The molecule has 1 saturated heterocycles. The molecule has 5 nitrogen and oxygen atoms in total. The van der Waals surface area contributed by atoms with Crippen molar-refractivity contribution >= 4 is 5.91 Å². The maximum absolute atomic E-state index is 12.6. The molecule has 1 aliphatic heterocycles. The average molecular weight is 334 g/mol. The fourth-order valence-electron chi connectivity index (χ4n) is 3.29. The third kappa shape index (κ3) is 4.87. The van der Waals surface area contributed by atoms with Crippen molar-refractivity contribution in [3.05, 3.63) is 23.8 Å². The van der Waals surface area contributed by atoms with E-state index in [0.717, 1.165) is 30.2 Å². The number of methoxy groups -OCH3 is 2. The Kier molecular flexibility index (Phi) is 6.91. The quantitative estimate of drug-likeness (QED) is 0.833. The zero-order valence-corrected chi connectivity index (χ0v) is 15.3. The topological polar surface area (TPSA) is 50.8 Å². The maximum Gasteiger partial charge on any atom is 0.222 e. The van der Waals surface area contributed by atoms with Gasteiger partial charge < -0.3 is 19.7 Å². The Labute approximate surface area is 145 Å². The van der Waals surface area contributed by atoms with Crippen LogP contribution in [-0.4, -0.2) is 45.2 Å². The van der Waals surface area contributed by atoms with Gasteiger partial charge in [0.15, 0.2) is 0 Å². The maximum atomic E-state index is 12.6. The first-order chi connectivity index (χ1) is 11.5. The number of hydrogen-bond donors (Lipinski definition) is 1. The van der Waals surface area contributed by atoms with Gasteiger partial charge in [-0.2, -0.15) is 0 Å². The van der Waals surface area contributed by atoms with Crippen molar-refractivity contribution in [2.24, 2.45) is 11.8 Å². The molecule has 1 aromatic carbocycles. The molecule has 1 aliphatic rings. The first-order valence-corrected chi connectivity index (χ1v) is 8.70. The zero-order chi connectivity index (χ0) is 17.5. The van der Waals surface area contributed by atoms with Crippen molar-refractivity contribution in [2.75, 3.05) is 34.4 Å². The number of ether oxygens (including phenoxy) is 2. The number of amides is 1. The summed E-state index contributed by atoms with van der Waals surface area (Å²) in [6.07, 6.45) is 3.03. The van der Waals surface area contributed by atoms with Crippen molar-refractivity contribution in [3.8, 4) is 11.5 Å². The highest BCUT2D eigenvalue weighted by atomic mass is 16.5. The first kappa shape index (κ1) is 18.6. The van der Waals surface area contributed by atoms with Gasteiger partial charge in [0.2, 0.25) is 5.91 Å². The van der Waals surface area contributed by atoms with E-state index in [9.17, 15) is 4.79 Å². The lowest BCUT2D eigenvalue weighted by Crippen LogP contribution is -2.36. The molecule has 0 bridgehead atoms. The number of nitrogens with zero attached hydrogens (tertiary/aromatic N) is 1. The van der Waals surface area contributed by atoms with E-state index in [0.29, 0.717) is 24.8 Å². The number of piperidine rings is 1. The minimum atomic E-state index is 0.186. The van der Waals surface area contributed by atoms with Crippen molar-refractivity contribution in [1.29, 1.82) is 0 Å². The monoisotopic (exact) mass is 334 g/mol. The summed E-state index contributed by atoms with van der Waals surface area (Å²) in [5.74, 6) is 2.70. The lowest BCUT2D eigenvalue weighted by Gasteiger charge is -2.29. The van der Waals surface area contributed by atoms with Gasteiger partial charge in [-0.15, -0.1) is 0 Å². The molecule has 1 N–H and O–H groups in total. The summed E-state index contributed by atoms with van der Waals surface area (Å²) in [4.78, 5) is 14.4. The first-order valence-electron chi connectivity index (χ1n) is 8.70. The van der Waals surface area contributed by atoms with E-state index < -0.39 is 0 Å². The zero-order valence-electron chi connectivity index (χ0n) is 15.3. The van der Waals surface area contributed by atoms with E-state index in [4.69, 9.17) is 9.47 Å². The van der Waals surface area contributed by atoms with Crippen LogP contribution >= 0.6 is 0 Å². The van der Waals surface area contributed by atoms with E-state index in [2.05, 4.69) is 12.2 Å². The fourth-order valence-corrected chi connectivity index (χ4v) is 3.29. The number of nitrogens with one attached hydrogen (secondary N) is 1. The van der Waals surface area contributed by atoms with Crippen LogP contribution in [0.5, 0.6) is 11.5 Å².